The van der Waals surface area contributed by atoms with Crippen LogP contribution < -0.4 is 4.74 Å². The zero-order valence-electron chi connectivity index (χ0n) is 16.1. The largest absolute Gasteiger partial charge is 0.490 e. The number of hydrogen-bond acceptors (Lipinski definition) is 4. The molecule has 27 heavy (non-hydrogen) atoms. The first-order valence-electron chi connectivity index (χ1n) is 9.48. The van der Waals surface area contributed by atoms with Crippen LogP contribution in [0, 0.1) is 13.8 Å². The SMILES string of the molecule is Cc1cccc(C)c1OC[C@H](O)CN1CCN(C(=O)c2ccccc2)CC1. The Hall–Kier alpha value is -2.37. The maximum absolute atomic E-state index is 12.5. The number of carbonyl (C=O) groups excluding carboxylic acids is 1. The van der Waals surface area contributed by atoms with Crippen LogP contribution in [0.2, 0.25) is 0 Å². The van der Waals surface area contributed by atoms with E-state index in [1.807, 2.05) is 67.3 Å². The Balaban J connectivity index is 1.44. The van der Waals surface area contributed by atoms with Crippen LogP contribution in [0.5, 0.6) is 5.75 Å². The van der Waals surface area contributed by atoms with Crippen molar-refractivity contribution in [3.05, 3.63) is 65.2 Å². The van der Waals surface area contributed by atoms with Crippen LogP contribution in [0.15, 0.2) is 48.5 Å². The third-order valence-electron chi connectivity index (χ3n) is 4.98. The molecule has 0 aliphatic carbocycles. The van der Waals surface area contributed by atoms with Crippen LogP contribution in [0.25, 0.3) is 0 Å². The number of β-amino-alcohol motifs (C(OH)–C–C–N with tert-alkyl or cyclic N) is 1. The Morgan fingerprint density at radius 2 is 1.63 bits per heavy atom. The standard InChI is InChI=1S/C22H28N2O3/c1-17-7-6-8-18(2)21(17)27-16-20(25)15-23-11-13-24(14-12-23)22(26)19-9-4-3-5-10-19/h3-10,20,25H,11-16H2,1-2H3/t20-/m1/s1. The maximum atomic E-state index is 12.5. The number of piperazine rings is 1. The number of aliphatic hydroxyl groups excluding tert-OH is 1. The van der Waals surface area contributed by atoms with Gasteiger partial charge in [-0.25, -0.2) is 0 Å². The van der Waals surface area contributed by atoms with E-state index in [9.17, 15) is 9.90 Å². The molecule has 5 nitrogen and oxygen atoms in total. The summed E-state index contributed by atoms with van der Waals surface area (Å²) in [5.74, 6) is 0.934. The number of nitrogens with zero attached hydrogens (tertiary/aromatic N) is 2. The molecule has 1 N–H and O–H groups in total. The van der Waals surface area contributed by atoms with Gasteiger partial charge in [0, 0.05) is 38.3 Å². The first-order valence-corrected chi connectivity index (χ1v) is 9.48. The van der Waals surface area contributed by atoms with Crippen molar-refractivity contribution >= 4 is 5.91 Å². The van der Waals surface area contributed by atoms with Gasteiger partial charge in [0.25, 0.3) is 5.91 Å². The van der Waals surface area contributed by atoms with Crippen molar-refractivity contribution in [1.82, 2.24) is 9.80 Å². The summed E-state index contributed by atoms with van der Waals surface area (Å²) in [6.45, 7) is 7.73. The molecule has 2 aromatic rings. The van der Waals surface area contributed by atoms with Crippen LogP contribution in [0.4, 0.5) is 0 Å². The van der Waals surface area contributed by atoms with E-state index in [0.717, 1.165) is 35.5 Å². The van der Waals surface area contributed by atoms with Crippen molar-refractivity contribution in [3.8, 4) is 5.75 Å². The number of amides is 1. The number of rotatable bonds is 6. The van der Waals surface area contributed by atoms with Crippen LogP contribution in [-0.4, -0.2) is 66.2 Å². The van der Waals surface area contributed by atoms with E-state index in [0.29, 0.717) is 19.6 Å². The molecule has 0 aromatic heterocycles. The van der Waals surface area contributed by atoms with E-state index in [-0.39, 0.29) is 12.5 Å². The maximum Gasteiger partial charge on any atom is 0.253 e. The van der Waals surface area contributed by atoms with Crippen LogP contribution in [-0.2, 0) is 0 Å². The average molecular weight is 368 g/mol. The summed E-state index contributed by atoms with van der Waals surface area (Å²) in [5, 5.41) is 10.4. The summed E-state index contributed by atoms with van der Waals surface area (Å²) in [5.41, 5.74) is 2.89. The minimum atomic E-state index is -0.555. The van der Waals surface area contributed by atoms with Crippen molar-refractivity contribution in [2.75, 3.05) is 39.3 Å². The van der Waals surface area contributed by atoms with Crippen molar-refractivity contribution in [3.63, 3.8) is 0 Å². The number of hydrogen-bond donors (Lipinski definition) is 1. The third-order valence-corrected chi connectivity index (χ3v) is 4.98. The Bertz CT molecular complexity index is 735. The zero-order valence-corrected chi connectivity index (χ0v) is 16.1. The number of aryl methyl sites for hydroxylation is 2. The van der Waals surface area contributed by atoms with Gasteiger partial charge >= 0.3 is 0 Å². The van der Waals surface area contributed by atoms with Gasteiger partial charge in [-0.1, -0.05) is 36.4 Å². The van der Waals surface area contributed by atoms with Crippen LogP contribution >= 0.6 is 0 Å². The molecule has 1 fully saturated rings. The van der Waals surface area contributed by atoms with E-state index in [1.54, 1.807) is 0 Å². The Labute approximate surface area is 161 Å². The second-order valence-corrected chi connectivity index (χ2v) is 7.14. The minimum Gasteiger partial charge on any atom is -0.490 e. The highest BCUT2D eigenvalue weighted by molar-refractivity contribution is 5.94. The van der Waals surface area contributed by atoms with Gasteiger partial charge in [0.15, 0.2) is 0 Å². The smallest absolute Gasteiger partial charge is 0.253 e. The molecular formula is C22H28N2O3. The zero-order chi connectivity index (χ0) is 19.2. The van der Waals surface area contributed by atoms with Crippen molar-refractivity contribution < 1.29 is 14.6 Å². The lowest BCUT2D eigenvalue weighted by atomic mass is 10.1. The van der Waals surface area contributed by atoms with E-state index in [4.69, 9.17) is 4.74 Å². The molecule has 144 valence electrons. The van der Waals surface area contributed by atoms with Gasteiger partial charge in [-0.05, 0) is 37.1 Å². The first-order chi connectivity index (χ1) is 13.0. The summed E-state index contributed by atoms with van der Waals surface area (Å²) >= 11 is 0. The Morgan fingerprint density at radius 3 is 2.26 bits per heavy atom. The molecule has 1 aliphatic heterocycles. The molecule has 1 amide bonds. The van der Waals surface area contributed by atoms with Gasteiger partial charge in [0.1, 0.15) is 18.5 Å². The number of benzene rings is 2. The second kappa shape index (κ2) is 9.02. The summed E-state index contributed by atoms with van der Waals surface area (Å²) in [6, 6.07) is 15.4. The van der Waals surface area contributed by atoms with Crippen molar-refractivity contribution in [1.29, 1.82) is 0 Å². The normalized spacial score (nSPS) is 16.2. The van der Waals surface area contributed by atoms with Gasteiger partial charge in [-0.2, -0.15) is 0 Å². The predicted octanol–water partition coefficient (Wildman–Crippen LogP) is 2.50. The molecule has 0 unspecified atom stereocenters. The highest BCUT2D eigenvalue weighted by Crippen LogP contribution is 2.22. The predicted molar refractivity (Wildman–Crippen MR) is 106 cm³/mol. The highest BCUT2D eigenvalue weighted by atomic mass is 16.5. The lowest BCUT2D eigenvalue weighted by Gasteiger charge is -2.35. The van der Waals surface area contributed by atoms with Crippen LogP contribution in [0.1, 0.15) is 21.5 Å². The summed E-state index contributed by atoms with van der Waals surface area (Å²) in [7, 11) is 0. The number of aliphatic hydroxyl groups is 1. The Kier molecular flexibility index (Phi) is 6.48. The number of carbonyl (C=O) groups is 1. The summed E-state index contributed by atoms with van der Waals surface area (Å²) in [6.07, 6.45) is -0.555. The lowest BCUT2D eigenvalue weighted by Crippen LogP contribution is -2.51. The molecule has 1 atom stereocenters. The third kappa shape index (κ3) is 5.08. The molecule has 0 spiro atoms. The summed E-state index contributed by atoms with van der Waals surface area (Å²) in [4.78, 5) is 16.6. The van der Waals surface area contributed by atoms with Gasteiger partial charge in [0.2, 0.25) is 0 Å². The monoisotopic (exact) mass is 368 g/mol. The Morgan fingerprint density at radius 1 is 1.00 bits per heavy atom. The van der Waals surface area contributed by atoms with Crippen LogP contribution in [0.3, 0.4) is 0 Å². The molecule has 0 radical (unpaired) electrons. The number of ether oxygens (including phenoxy) is 1. The number of para-hydroxylation sites is 1. The quantitative estimate of drug-likeness (QED) is 0.851. The lowest BCUT2D eigenvalue weighted by molar-refractivity contribution is 0.0402. The van der Waals surface area contributed by atoms with Gasteiger partial charge in [-0.15, -0.1) is 0 Å². The van der Waals surface area contributed by atoms with Crippen molar-refractivity contribution in [2.45, 2.75) is 20.0 Å². The molecule has 0 saturated carbocycles. The fraction of sp³-hybridized carbons (Fsp3) is 0.409. The molecule has 2 aromatic carbocycles. The van der Waals surface area contributed by atoms with E-state index in [1.165, 1.54) is 0 Å². The van der Waals surface area contributed by atoms with Gasteiger partial charge in [0.05, 0.1) is 0 Å². The van der Waals surface area contributed by atoms with Gasteiger partial charge in [-0.3, -0.25) is 9.69 Å². The fourth-order valence-corrected chi connectivity index (χ4v) is 3.45. The van der Waals surface area contributed by atoms with Crippen molar-refractivity contribution in [2.24, 2.45) is 0 Å². The van der Waals surface area contributed by atoms with E-state index < -0.39 is 6.10 Å². The molecule has 5 heteroatoms. The summed E-state index contributed by atoms with van der Waals surface area (Å²) < 4.78 is 5.85. The highest BCUT2D eigenvalue weighted by Gasteiger charge is 2.23. The van der Waals surface area contributed by atoms with E-state index in [2.05, 4.69) is 4.90 Å². The first kappa shape index (κ1) is 19.4. The molecule has 1 aliphatic rings. The van der Waals surface area contributed by atoms with E-state index >= 15 is 0 Å². The molecule has 0 bridgehead atoms. The molecule has 3 rings (SSSR count). The molecule has 1 saturated heterocycles. The van der Waals surface area contributed by atoms with Gasteiger partial charge < -0.3 is 14.7 Å². The molecular weight excluding hydrogens is 340 g/mol. The molecule has 1 heterocycles. The second-order valence-electron chi connectivity index (χ2n) is 7.14. The fourth-order valence-electron chi connectivity index (χ4n) is 3.45. The minimum absolute atomic E-state index is 0.0779. The topological polar surface area (TPSA) is 53.0 Å². The average Bonchev–Trinajstić information content (AvgIpc) is 2.68.